The van der Waals surface area contributed by atoms with Crippen molar-refractivity contribution < 1.29 is 8.83 Å². The summed E-state index contributed by atoms with van der Waals surface area (Å²) in [7, 11) is 0. The molecule has 0 aromatic carbocycles. The average molecular weight is 213 g/mol. The van der Waals surface area contributed by atoms with Gasteiger partial charge in [-0.15, -0.1) is 0 Å². The van der Waals surface area contributed by atoms with Crippen LogP contribution in [-0.4, -0.2) is 11.5 Å². The first-order valence-corrected chi connectivity index (χ1v) is 4.57. The standard InChI is InChI=1S/C9H9ClN2O2/c10-9-6(2-4-13-9)7-5-12-8(14-7)1-3-11/h2,4-5H,1,3,11H2. The van der Waals surface area contributed by atoms with E-state index in [9.17, 15) is 0 Å². The normalized spacial score (nSPS) is 10.7. The van der Waals surface area contributed by atoms with E-state index in [0.717, 1.165) is 0 Å². The molecule has 0 atom stereocenters. The molecule has 2 N–H and O–H groups in total. The summed E-state index contributed by atoms with van der Waals surface area (Å²) in [6.45, 7) is 0.513. The van der Waals surface area contributed by atoms with Crippen molar-refractivity contribution >= 4 is 11.6 Å². The smallest absolute Gasteiger partial charge is 0.204 e. The van der Waals surface area contributed by atoms with E-state index in [1.54, 1.807) is 12.3 Å². The Labute approximate surface area is 85.7 Å². The fraction of sp³-hybridized carbons (Fsp3) is 0.222. The molecule has 5 heteroatoms. The van der Waals surface area contributed by atoms with Gasteiger partial charge in [-0.25, -0.2) is 4.98 Å². The van der Waals surface area contributed by atoms with Crippen molar-refractivity contribution in [1.82, 2.24) is 4.98 Å². The Morgan fingerprint density at radius 1 is 1.50 bits per heavy atom. The molecular weight excluding hydrogens is 204 g/mol. The van der Waals surface area contributed by atoms with Crippen LogP contribution in [0, 0.1) is 0 Å². The zero-order valence-corrected chi connectivity index (χ0v) is 8.12. The molecule has 0 saturated carbocycles. The van der Waals surface area contributed by atoms with Crippen molar-refractivity contribution in [3.63, 3.8) is 0 Å². The number of nitrogens with two attached hydrogens (primary N) is 1. The van der Waals surface area contributed by atoms with Crippen LogP contribution in [0.2, 0.25) is 5.22 Å². The van der Waals surface area contributed by atoms with Gasteiger partial charge in [-0.3, -0.25) is 0 Å². The maximum atomic E-state index is 5.78. The number of oxazole rings is 1. The molecule has 4 nitrogen and oxygen atoms in total. The van der Waals surface area contributed by atoms with Crippen molar-refractivity contribution in [2.24, 2.45) is 5.73 Å². The molecule has 0 radical (unpaired) electrons. The number of hydrogen-bond acceptors (Lipinski definition) is 4. The van der Waals surface area contributed by atoms with Crippen LogP contribution in [0.3, 0.4) is 0 Å². The molecule has 14 heavy (non-hydrogen) atoms. The molecule has 2 rings (SSSR count). The number of halogens is 1. The zero-order valence-electron chi connectivity index (χ0n) is 7.37. The fourth-order valence-corrected chi connectivity index (χ4v) is 1.35. The van der Waals surface area contributed by atoms with Crippen molar-refractivity contribution in [3.05, 3.63) is 29.6 Å². The molecule has 0 aliphatic heterocycles. The van der Waals surface area contributed by atoms with Gasteiger partial charge in [-0.05, 0) is 17.7 Å². The maximum absolute atomic E-state index is 5.78. The highest BCUT2D eigenvalue weighted by molar-refractivity contribution is 6.31. The van der Waals surface area contributed by atoms with Gasteiger partial charge in [0.15, 0.2) is 11.7 Å². The summed E-state index contributed by atoms with van der Waals surface area (Å²) >= 11 is 5.78. The van der Waals surface area contributed by atoms with E-state index in [4.69, 9.17) is 26.2 Å². The second-order valence-electron chi connectivity index (χ2n) is 2.76. The lowest BCUT2D eigenvalue weighted by Crippen LogP contribution is -2.02. The van der Waals surface area contributed by atoms with Crippen LogP contribution < -0.4 is 5.73 Å². The van der Waals surface area contributed by atoms with Gasteiger partial charge in [-0.1, -0.05) is 0 Å². The van der Waals surface area contributed by atoms with Crippen LogP contribution in [0.5, 0.6) is 0 Å². The first-order valence-electron chi connectivity index (χ1n) is 4.19. The minimum absolute atomic E-state index is 0.306. The Kier molecular flexibility index (Phi) is 2.56. The average Bonchev–Trinajstić information content (AvgIpc) is 2.74. The zero-order chi connectivity index (χ0) is 9.97. The summed E-state index contributed by atoms with van der Waals surface area (Å²) in [4.78, 5) is 4.06. The third-order valence-corrected chi connectivity index (χ3v) is 2.09. The molecule has 0 aliphatic rings. The second-order valence-corrected chi connectivity index (χ2v) is 3.11. The van der Waals surface area contributed by atoms with Gasteiger partial charge < -0.3 is 14.6 Å². The number of furan rings is 1. The van der Waals surface area contributed by atoms with Gasteiger partial charge in [0, 0.05) is 13.0 Å². The highest BCUT2D eigenvalue weighted by Crippen LogP contribution is 2.29. The summed E-state index contributed by atoms with van der Waals surface area (Å²) in [5.74, 6) is 1.21. The summed E-state index contributed by atoms with van der Waals surface area (Å²) in [6.07, 6.45) is 3.74. The minimum Gasteiger partial charge on any atom is -0.452 e. The van der Waals surface area contributed by atoms with Crippen LogP contribution in [0.1, 0.15) is 5.89 Å². The van der Waals surface area contributed by atoms with Crippen LogP contribution in [-0.2, 0) is 6.42 Å². The molecule has 0 aliphatic carbocycles. The van der Waals surface area contributed by atoms with Gasteiger partial charge in [0.1, 0.15) is 0 Å². The summed E-state index contributed by atoms with van der Waals surface area (Å²) in [5, 5.41) is 0.306. The Morgan fingerprint density at radius 3 is 3.00 bits per heavy atom. The Hall–Kier alpha value is -1.26. The van der Waals surface area contributed by atoms with Crippen molar-refractivity contribution in [3.8, 4) is 11.3 Å². The van der Waals surface area contributed by atoms with E-state index in [-0.39, 0.29) is 0 Å². The predicted molar refractivity (Wildman–Crippen MR) is 52.0 cm³/mol. The largest absolute Gasteiger partial charge is 0.452 e. The SMILES string of the molecule is NCCc1ncc(-c2ccoc2Cl)o1. The fourth-order valence-electron chi connectivity index (χ4n) is 1.14. The highest BCUT2D eigenvalue weighted by atomic mass is 35.5. The second kappa shape index (κ2) is 3.86. The predicted octanol–water partition coefficient (Wildman–Crippen LogP) is 2.09. The van der Waals surface area contributed by atoms with E-state index in [0.29, 0.717) is 35.4 Å². The lowest BCUT2D eigenvalue weighted by atomic mass is 10.3. The Morgan fingerprint density at radius 2 is 2.36 bits per heavy atom. The van der Waals surface area contributed by atoms with Crippen molar-refractivity contribution in [1.29, 1.82) is 0 Å². The van der Waals surface area contributed by atoms with E-state index >= 15 is 0 Å². The lowest BCUT2D eigenvalue weighted by Gasteiger charge is -1.90. The maximum Gasteiger partial charge on any atom is 0.204 e. The molecule has 74 valence electrons. The lowest BCUT2D eigenvalue weighted by molar-refractivity contribution is 0.506. The first-order chi connectivity index (χ1) is 6.81. The third kappa shape index (κ3) is 1.66. The topological polar surface area (TPSA) is 65.2 Å². The quantitative estimate of drug-likeness (QED) is 0.846. The van der Waals surface area contributed by atoms with E-state index in [2.05, 4.69) is 4.98 Å². The first kappa shape index (κ1) is 9.30. The Balaban J connectivity index is 2.29. The van der Waals surface area contributed by atoms with E-state index < -0.39 is 0 Å². The van der Waals surface area contributed by atoms with E-state index in [1.165, 1.54) is 6.26 Å². The minimum atomic E-state index is 0.306. The summed E-state index contributed by atoms with van der Waals surface area (Å²) in [6, 6.07) is 1.73. The van der Waals surface area contributed by atoms with Gasteiger partial charge in [-0.2, -0.15) is 0 Å². The molecule has 0 unspecified atom stereocenters. The van der Waals surface area contributed by atoms with Crippen LogP contribution in [0.4, 0.5) is 0 Å². The number of rotatable bonds is 3. The molecule has 0 bridgehead atoms. The number of nitrogens with zero attached hydrogens (tertiary/aromatic N) is 1. The van der Waals surface area contributed by atoms with Gasteiger partial charge in [0.05, 0.1) is 18.0 Å². The molecule has 0 amide bonds. The summed E-state index contributed by atoms with van der Waals surface area (Å²) in [5.41, 5.74) is 6.08. The number of aromatic nitrogens is 1. The molecular formula is C9H9ClN2O2. The van der Waals surface area contributed by atoms with Crippen LogP contribution >= 0.6 is 11.6 Å². The van der Waals surface area contributed by atoms with Crippen molar-refractivity contribution in [2.75, 3.05) is 6.54 Å². The van der Waals surface area contributed by atoms with Gasteiger partial charge in [0.2, 0.25) is 5.22 Å². The van der Waals surface area contributed by atoms with E-state index in [1.807, 2.05) is 0 Å². The number of hydrogen-bond donors (Lipinski definition) is 1. The van der Waals surface area contributed by atoms with Gasteiger partial charge in [0.25, 0.3) is 0 Å². The Bertz CT molecular complexity index is 422. The molecule has 2 aromatic heterocycles. The molecule has 0 saturated heterocycles. The molecule has 2 heterocycles. The van der Waals surface area contributed by atoms with Gasteiger partial charge >= 0.3 is 0 Å². The highest BCUT2D eigenvalue weighted by Gasteiger charge is 2.11. The van der Waals surface area contributed by atoms with Crippen molar-refractivity contribution in [2.45, 2.75) is 6.42 Å². The van der Waals surface area contributed by atoms with Crippen LogP contribution in [0.25, 0.3) is 11.3 Å². The summed E-state index contributed by atoms with van der Waals surface area (Å²) < 4.78 is 10.4. The molecule has 0 fully saturated rings. The monoisotopic (exact) mass is 212 g/mol. The molecule has 2 aromatic rings. The molecule has 0 spiro atoms. The van der Waals surface area contributed by atoms with Crippen LogP contribution in [0.15, 0.2) is 27.4 Å². The third-order valence-electron chi connectivity index (χ3n) is 1.80.